The zero-order chi connectivity index (χ0) is 36.7. The Kier molecular flexibility index (Phi) is 11.2. The molecule has 5 heteroatoms. The molecule has 7 aromatic rings. The van der Waals surface area contributed by atoms with E-state index in [1.165, 1.54) is 22.3 Å². The normalized spacial score (nSPS) is 11.6. The summed E-state index contributed by atoms with van der Waals surface area (Å²) in [7, 11) is 0. The zero-order valence-electron chi connectivity index (χ0n) is 31.9. The number of rotatable bonds is 9. The molecule has 0 atom stereocenters. The molecule has 0 spiro atoms. The number of phenolic OH excluding ortho intramolecular Hbond substituents is 1. The van der Waals surface area contributed by atoms with Gasteiger partial charge in [-0.25, -0.2) is 4.98 Å². The van der Waals surface area contributed by atoms with Gasteiger partial charge in [-0.3, -0.25) is 4.98 Å². The third-order valence-corrected chi connectivity index (χ3v) is 10.1. The number of nitrogens with zero attached hydrogens (tertiary/aromatic N) is 3. The third kappa shape index (κ3) is 7.66. The van der Waals surface area contributed by atoms with Gasteiger partial charge in [-0.2, -0.15) is 0 Å². The third-order valence-electron chi connectivity index (χ3n) is 10.1. The van der Waals surface area contributed by atoms with Crippen molar-refractivity contribution in [2.45, 2.75) is 79.1 Å². The number of imidazole rings is 1. The first kappa shape index (κ1) is 37.9. The molecule has 2 heterocycles. The molecule has 0 radical (unpaired) electrons. The van der Waals surface area contributed by atoms with E-state index in [1.54, 1.807) is 6.07 Å². The smallest absolute Gasteiger partial charge is 0.125 e. The van der Waals surface area contributed by atoms with Gasteiger partial charge < -0.3 is 9.67 Å². The molecule has 4 nitrogen and oxygen atoms in total. The molecule has 0 aliphatic rings. The summed E-state index contributed by atoms with van der Waals surface area (Å²) in [4.78, 5) is 10.5. The topological polar surface area (TPSA) is 50.9 Å². The van der Waals surface area contributed by atoms with Crippen molar-refractivity contribution in [3.05, 3.63) is 144 Å². The summed E-state index contributed by atoms with van der Waals surface area (Å²) in [5.41, 5.74) is 14.4. The molecule has 0 fully saturated rings. The van der Waals surface area contributed by atoms with E-state index in [9.17, 15) is 5.11 Å². The van der Waals surface area contributed by atoms with E-state index in [0.29, 0.717) is 34.9 Å². The molecule has 0 aliphatic carbocycles. The van der Waals surface area contributed by atoms with Gasteiger partial charge in [0.25, 0.3) is 0 Å². The molecular weight excluding hydrogens is 830 g/mol. The minimum Gasteiger partial charge on any atom is -0.507 e. The fraction of sp³-hybridized carbons (Fsp3) is 0.250. The summed E-state index contributed by atoms with van der Waals surface area (Å²) in [5, 5.41) is 11.2. The Morgan fingerprint density at radius 2 is 1.13 bits per heavy atom. The minimum absolute atomic E-state index is 0. The van der Waals surface area contributed by atoms with Crippen LogP contribution in [0.1, 0.15) is 101 Å². The van der Waals surface area contributed by atoms with E-state index in [-0.39, 0.29) is 26.8 Å². The van der Waals surface area contributed by atoms with Gasteiger partial charge >= 0.3 is 0 Å². The average Bonchev–Trinajstić information content (AvgIpc) is 3.55. The number of benzene rings is 5. The van der Waals surface area contributed by atoms with Crippen molar-refractivity contribution >= 4 is 11.0 Å². The molecule has 7 rings (SSSR count). The Labute approximate surface area is 329 Å². The summed E-state index contributed by atoms with van der Waals surface area (Å²) in [6, 6.07) is 43.5. The van der Waals surface area contributed by atoms with Crippen molar-refractivity contribution in [2.24, 2.45) is 0 Å². The second-order valence-corrected chi connectivity index (χ2v) is 15.2. The monoisotopic (exact) mass is 877 g/mol. The fourth-order valence-corrected chi connectivity index (χ4v) is 6.90. The van der Waals surface area contributed by atoms with E-state index in [4.69, 9.17) is 9.97 Å². The maximum Gasteiger partial charge on any atom is 0.125 e. The van der Waals surface area contributed by atoms with Crippen molar-refractivity contribution < 1.29 is 26.2 Å². The number of aromatic nitrogens is 3. The minimum atomic E-state index is 0. The number of hydrogen-bond donors (Lipinski definition) is 1. The van der Waals surface area contributed by atoms with Gasteiger partial charge in [0.05, 0.1) is 28.2 Å². The SMILES string of the molecule is CC(C)c1cc(-c2ccc(O)c(-c3cccc(-c4cccc5c4nc(-c4[c-]cccc4)n5-c4cc(C(C)C)cc(C(C)C)c4)n3)c2)cc(C(C)C)c1.[Pt]. The largest absolute Gasteiger partial charge is 0.507 e. The second-order valence-electron chi connectivity index (χ2n) is 15.2. The standard InChI is InChI=1S/C48H48N3O.Pt/c1-29(2)35-22-36(30(3)4)25-39(24-35)34-20-21-46(52)42(28-34)44-18-13-17-43(49-44)41-16-12-19-45-47(41)50-48(33-14-10-9-11-15-33)51(45)40-26-37(31(5)6)23-38(27-40)32(7)8;/h9-14,16-32,52H,1-8H3;/q-1;. The van der Waals surface area contributed by atoms with E-state index in [2.05, 4.69) is 133 Å². The van der Waals surface area contributed by atoms with E-state index < -0.39 is 0 Å². The Balaban J connectivity index is 0.00000481. The molecule has 0 aliphatic heterocycles. The van der Waals surface area contributed by atoms with Gasteiger partial charge in [-0.1, -0.05) is 104 Å². The van der Waals surface area contributed by atoms with Crippen LogP contribution in [-0.4, -0.2) is 19.6 Å². The van der Waals surface area contributed by atoms with Crippen molar-refractivity contribution in [2.75, 3.05) is 0 Å². The molecule has 0 bridgehead atoms. The first-order valence-corrected chi connectivity index (χ1v) is 18.6. The predicted octanol–water partition coefficient (Wildman–Crippen LogP) is 13.1. The molecule has 1 N–H and O–H groups in total. The molecule has 0 saturated carbocycles. The predicted molar refractivity (Wildman–Crippen MR) is 217 cm³/mol. The van der Waals surface area contributed by atoms with Crippen LogP contribution < -0.4 is 0 Å². The average molecular weight is 878 g/mol. The van der Waals surface area contributed by atoms with Crippen molar-refractivity contribution in [3.8, 4) is 56.5 Å². The fourth-order valence-electron chi connectivity index (χ4n) is 6.90. The van der Waals surface area contributed by atoms with Crippen LogP contribution in [0.2, 0.25) is 0 Å². The van der Waals surface area contributed by atoms with Crippen LogP contribution >= 0.6 is 0 Å². The van der Waals surface area contributed by atoms with E-state index in [1.807, 2.05) is 42.5 Å². The molecular formula is C48H48N3OPt-. The van der Waals surface area contributed by atoms with Gasteiger partial charge in [0.2, 0.25) is 0 Å². The van der Waals surface area contributed by atoms with Crippen LogP contribution in [0.5, 0.6) is 5.75 Å². The van der Waals surface area contributed by atoms with Gasteiger partial charge in [0.15, 0.2) is 0 Å². The summed E-state index contributed by atoms with van der Waals surface area (Å²) >= 11 is 0. The Morgan fingerprint density at radius 3 is 1.72 bits per heavy atom. The van der Waals surface area contributed by atoms with Crippen molar-refractivity contribution in [1.29, 1.82) is 0 Å². The number of aromatic hydroxyl groups is 1. The number of hydrogen-bond acceptors (Lipinski definition) is 3. The van der Waals surface area contributed by atoms with Crippen LogP contribution in [0.25, 0.3) is 61.8 Å². The van der Waals surface area contributed by atoms with Gasteiger partial charge in [-0.15, -0.1) is 35.9 Å². The Hall–Kier alpha value is -4.79. The maximum absolute atomic E-state index is 11.2. The van der Waals surface area contributed by atoms with E-state index in [0.717, 1.165) is 50.5 Å². The molecule has 0 unspecified atom stereocenters. The summed E-state index contributed by atoms with van der Waals surface area (Å²) < 4.78 is 2.28. The van der Waals surface area contributed by atoms with Crippen LogP contribution in [0.15, 0.2) is 115 Å². The summed E-state index contributed by atoms with van der Waals surface area (Å²) in [6.45, 7) is 17.9. The van der Waals surface area contributed by atoms with Crippen LogP contribution in [0, 0.1) is 6.07 Å². The van der Waals surface area contributed by atoms with Crippen LogP contribution in [-0.2, 0) is 21.1 Å². The molecule has 53 heavy (non-hydrogen) atoms. The van der Waals surface area contributed by atoms with E-state index >= 15 is 0 Å². The van der Waals surface area contributed by atoms with Gasteiger partial charge in [0.1, 0.15) is 5.75 Å². The van der Waals surface area contributed by atoms with Crippen LogP contribution in [0.4, 0.5) is 0 Å². The summed E-state index contributed by atoms with van der Waals surface area (Å²) in [5.74, 6) is 2.63. The molecule has 0 saturated heterocycles. The number of pyridine rings is 1. The Bertz CT molecular complexity index is 2330. The second kappa shape index (κ2) is 15.7. The Morgan fingerprint density at radius 1 is 0.547 bits per heavy atom. The molecule has 0 amide bonds. The first-order valence-electron chi connectivity index (χ1n) is 18.6. The number of fused-ring (bicyclic) bond motifs is 1. The zero-order valence-corrected chi connectivity index (χ0v) is 34.2. The number of para-hydroxylation sites is 1. The maximum atomic E-state index is 11.2. The van der Waals surface area contributed by atoms with Gasteiger partial charge in [-0.05, 0) is 99.5 Å². The van der Waals surface area contributed by atoms with Crippen molar-refractivity contribution in [3.63, 3.8) is 0 Å². The quantitative estimate of drug-likeness (QED) is 0.147. The van der Waals surface area contributed by atoms with Gasteiger partial charge in [0, 0.05) is 37.9 Å². The molecule has 5 aromatic carbocycles. The first-order chi connectivity index (χ1) is 25.0. The summed E-state index contributed by atoms with van der Waals surface area (Å²) in [6.07, 6.45) is 0. The molecule has 2 aromatic heterocycles. The van der Waals surface area contributed by atoms with Crippen LogP contribution in [0.3, 0.4) is 0 Å². The van der Waals surface area contributed by atoms with Crippen molar-refractivity contribution in [1.82, 2.24) is 14.5 Å². The molecule has 272 valence electrons. The number of phenols is 1.